The molecule has 0 saturated heterocycles. The van der Waals surface area contributed by atoms with Crippen molar-refractivity contribution >= 4 is 23.4 Å². The molecule has 0 radical (unpaired) electrons. The van der Waals surface area contributed by atoms with Gasteiger partial charge in [0.05, 0.1) is 11.6 Å². The zero-order chi connectivity index (χ0) is 28.5. The summed E-state index contributed by atoms with van der Waals surface area (Å²) in [6, 6.07) is 8.31. The van der Waals surface area contributed by atoms with Gasteiger partial charge in [-0.25, -0.2) is 0 Å². The van der Waals surface area contributed by atoms with Gasteiger partial charge >= 0.3 is 0 Å². The number of hydrogen-bond donors (Lipinski definition) is 6. The molecular weight excluding hydrogens is 506 g/mol. The Morgan fingerprint density at radius 1 is 1.03 bits per heavy atom. The number of allylic oxidation sites excluding steroid dienone is 1. The lowest BCUT2D eigenvalue weighted by atomic mass is 9.58. The molecule has 39 heavy (non-hydrogen) atoms. The van der Waals surface area contributed by atoms with Crippen molar-refractivity contribution in [1.29, 1.82) is 0 Å². The first kappa shape index (κ1) is 26.1. The van der Waals surface area contributed by atoms with Crippen molar-refractivity contribution in [2.45, 2.75) is 24.5 Å². The normalized spacial score (nSPS) is 26.3. The Kier molecular flexibility index (Phi) is 5.89. The third-order valence-corrected chi connectivity index (χ3v) is 8.06. The molecular formula is C28H27N3O8. The molecule has 0 unspecified atom stereocenters. The number of likely N-dealkylation sites (N-methyl/N-ethyl adjacent to an activating group) is 1. The average Bonchev–Trinajstić information content (AvgIpc) is 2.86. The van der Waals surface area contributed by atoms with E-state index in [1.54, 1.807) is 44.4 Å². The van der Waals surface area contributed by atoms with Crippen LogP contribution in [0.1, 0.15) is 32.7 Å². The van der Waals surface area contributed by atoms with Gasteiger partial charge in [0.25, 0.3) is 5.91 Å². The van der Waals surface area contributed by atoms with Crippen LogP contribution >= 0.6 is 0 Å². The predicted molar refractivity (Wildman–Crippen MR) is 138 cm³/mol. The van der Waals surface area contributed by atoms with Gasteiger partial charge in [0.2, 0.25) is 11.7 Å². The van der Waals surface area contributed by atoms with Crippen molar-refractivity contribution in [2.24, 2.45) is 23.3 Å². The fraction of sp³-hybridized carbons (Fsp3) is 0.286. The van der Waals surface area contributed by atoms with Crippen LogP contribution in [0.25, 0.3) is 11.1 Å². The molecule has 11 heteroatoms. The quantitative estimate of drug-likeness (QED) is 0.308. The monoisotopic (exact) mass is 533 g/mol. The molecule has 0 fully saturated rings. The summed E-state index contributed by atoms with van der Waals surface area (Å²) < 4.78 is 0. The van der Waals surface area contributed by atoms with Crippen molar-refractivity contribution in [3.05, 3.63) is 75.8 Å². The van der Waals surface area contributed by atoms with Crippen molar-refractivity contribution in [3.8, 4) is 16.9 Å². The van der Waals surface area contributed by atoms with Gasteiger partial charge in [-0.1, -0.05) is 18.2 Å². The highest BCUT2D eigenvalue weighted by Gasteiger charge is 2.63. The Hall–Kier alpha value is -4.48. The van der Waals surface area contributed by atoms with Gasteiger partial charge in [-0.15, -0.1) is 0 Å². The highest BCUT2D eigenvalue weighted by Crippen LogP contribution is 2.53. The zero-order valence-corrected chi connectivity index (χ0v) is 21.1. The molecule has 3 aliphatic carbocycles. The van der Waals surface area contributed by atoms with Gasteiger partial charge in [-0.3, -0.25) is 24.1 Å². The van der Waals surface area contributed by atoms with E-state index >= 15 is 0 Å². The van der Waals surface area contributed by atoms with Crippen LogP contribution < -0.4 is 11.5 Å². The number of primary amides is 2. The maximum Gasteiger partial charge on any atom is 0.255 e. The first-order valence-corrected chi connectivity index (χ1v) is 12.2. The number of carbonyl (C=O) groups excluding carboxylic acids is 4. The largest absolute Gasteiger partial charge is 0.510 e. The number of phenols is 1. The number of nitrogens with zero attached hydrogens (tertiary/aromatic N) is 1. The molecule has 0 aliphatic heterocycles. The number of Topliss-reactive ketones (excluding diaryl/α,β-unsaturated/α-hetero) is 2. The molecule has 2 aromatic rings. The molecule has 11 nitrogen and oxygen atoms in total. The van der Waals surface area contributed by atoms with Crippen LogP contribution in [-0.2, 0) is 16.0 Å². The van der Waals surface area contributed by atoms with Crippen molar-refractivity contribution in [1.82, 2.24) is 4.90 Å². The first-order chi connectivity index (χ1) is 18.3. The second-order valence-electron chi connectivity index (χ2n) is 10.4. The topological polar surface area (TPSA) is 204 Å². The lowest BCUT2D eigenvalue weighted by Gasteiger charge is -2.50. The molecule has 0 saturated carbocycles. The molecule has 0 spiro atoms. The van der Waals surface area contributed by atoms with Crippen molar-refractivity contribution in [3.63, 3.8) is 0 Å². The number of rotatable bonds is 4. The number of carbonyl (C=O) groups is 4. The minimum atomic E-state index is -2.70. The summed E-state index contributed by atoms with van der Waals surface area (Å²) in [6.07, 6.45) is 0.0985. The molecule has 8 N–H and O–H groups in total. The number of aromatic hydroxyl groups is 1. The van der Waals surface area contributed by atoms with Crippen LogP contribution in [0.15, 0.2) is 59.1 Å². The minimum absolute atomic E-state index is 0.0256. The molecule has 4 atom stereocenters. The summed E-state index contributed by atoms with van der Waals surface area (Å²) in [6.45, 7) is 0. The Morgan fingerprint density at radius 3 is 2.33 bits per heavy atom. The maximum absolute atomic E-state index is 13.8. The van der Waals surface area contributed by atoms with E-state index < -0.39 is 64.0 Å². The molecule has 5 rings (SSSR count). The number of aliphatic hydroxyl groups is 3. The molecule has 0 bridgehead atoms. The molecule has 0 heterocycles. The average molecular weight is 534 g/mol. The SMILES string of the molecule is CN(C)[C@H]1C(O)=C(C(N)=O)C(=O)[C@@]2(O)C(O)=C3C(=O)c4c(O)ccc(-c5cccc(C(N)=O)c5)c4C[C@H]3C[C@@H]12. The number of phenolic OH excluding ortho intramolecular Hbond substituents is 1. The zero-order valence-electron chi connectivity index (χ0n) is 21.1. The van der Waals surface area contributed by atoms with Crippen LogP contribution in [0.2, 0.25) is 0 Å². The number of hydrogen-bond acceptors (Lipinski definition) is 9. The van der Waals surface area contributed by atoms with Gasteiger partial charge in [0, 0.05) is 17.1 Å². The van der Waals surface area contributed by atoms with Gasteiger partial charge in [0.1, 0.15) is 22.8 Å². The summed E-state index contributed by atoms with van der Waals surface area (Å²) >= 11 is 0. The highest BCUT2D eigenvalue weighted by molar-refractivity contribution is 6.25. The van der Waals surface area contributed by atoms with E-state index in [1.807, 2.05) is 0 Å². The fourth-order valence-electron chi connectivity index (χ4n) is 6.36. The van der Waals surface area contributed by atoms with Crippen LogP contribution in [0.4, 0.5) is 0 Å². The van der Waals surface area contributed by atoms with Crippen LogP contribution in [-0.4, -0.2) is 74.4 Å². The molecule has 202 valence electrons. The Balaban J connectivity index is 1.72. The number of nitrogens with two attached hydrogens (primary N) is 2. The van der Waals surface area contributed by atoms with E-state index in [1.165, 1.54) is 11.0 Å². The molecule has 2 amide bonds. The molecule has 2 aromatic carbocycles. The van der Waals surface area contributed by atoms with Crippen LogP contribution in [0.5, 0.6) is 5.75 Å². The van der Waals surface area contributed by atoms with Gasteiger partial charge in [-0.05, 0) is 67.7 Å². The van der Waals surface area contributed by atoms with Crippen LogP contribution in [0, 0.1) is 11.8 Å². The second-order valence-corrected chi connectivity index (χ2v) is 10.4. The van der Waals surface area contributed by atoms with E-state index in [-0.39, 0.29) is 35.3 Å². The van der Waals surface area contributed by atoms with Gasteiger partial charge in [-0.2, -0.15) is 0 Å². The lowest BCUT2D eigenvalue weighted by molar-refractivity contribution is -0.148. The minimum Gasteiger partial charge on any atom is -0.510 e. The van der Waals surface area contributed by atoms with E-state index in [4.69, 9.17) is 11.5 Å². The summed E-state index contributed by atoms with van der Waals surface area (Å²) in [5.74, 6) is -7.76. The van der Waals surface area contributed by atoms with Crippen LogP contribution in [0.3, 0.4) is 0 Å². The predicted octanol–water partition coefficient (Wildman–Crippen LogP) is 0.887. The summed E-state index contributed by atoms with van der Waals surface area (Å²) in [4.78, 5) is 52.5. The Morgan fingerprint density at radius 2 is 1.72 bits per heavy atom. The van der Waals surface area contributed by atoms with E-state index in [0.29, 0.717) is 16.7 Å². The van der Waals surface area contributed by atoms with Crippen molar-refractivity contribution < 1.29 is 39.6 Å². The number of fused-ring (bicyclic) bond motifs is 3. The fourth-order valence-corrected chi connectivity index (χ4v) is 6.36. The van der Waals surface area contributed by atoms with E-state index in [9.17, 15) is 39.6 Å². The number of amides is 2. The third kappa shape index (κ3) is 3.57. The molecule has 0 aromatic heterocycles. The number of ketones is 2. The molecule has 3 aliphatic rings. The third-order valence-electron chi connectivity index (χ3n) is 8.06. The highest BCUT2D eigenvalue weighted by atomic mass is 16.3. The number of benzene rings is 2. The summed E-state index contributed by atoms with van der Waals surface area (Å²) in [5.41, 5.74) is 8.70. The van der Waals surface area contributed by atoms with Gasteiger partial charge < -0.3 is 31.9 Å². The summed E-state index contributed by atoms with van der Waals surface area (Å²) in [7, 11) is 3.13. The smallest absolute Gasteiger partial charge is 0.255 e. The van der Waals surface area contributed by atoms with Crippen molar-refractivity contribution in [2.75, 3.05) is 14.1 Å². The Labute approximate surface area is 222 Å². The van der Waals surface area contributed by atoms with Gasteiger partial charge in [0.15, 0.2) is 11.4 Å². The first-order valence-electron chi connectivity index (χ1n) is 12.2. The maximum atomic E-state index is 13.8. The second kappa shape index (κ2) is 8.79. The van der Waals surface area contributed by atoms with E-state index in [0.717, 1.165) is 0 Å². The Bertz CT molecular complexity index is 1560. The summed E-state index contributed by atoms with van der Waals surface area (Å²) in [5, 5.41) is 44.6. The lowest BCUT2D eigenvalue weighted by Crippen LogP contribution is -2.63. The van der Waals surface area contributed by atoms with E-state index in [2.05, 4.69) is 0 Å². The number of aliphatic hydroxyl groups excluding tert-OH is 2. The standard InChI is InChI=1S/C28H27N3O8/c1-31(2)21-16-10-13-9-15-14(11-4-3-5-12(8-11)26(29)37)6-7-17(32)19(15)22(33)18(13)24(35)28(16,39)25(36)20(23(21)34)27(30)38/h3-8,13,16,21,32,34-35,39H,9-10H2,1-2H3,(H2,29,37)(H2,30,38)/t13-,16-,21+,28-/m0/s1.